The minimum atomic E-state index is -1.28. The molecule has 0 aliphatic carbocycles. The zero-order chi connectivity index (χ0) is 31.3. The number of para-hydroxylation sites is 1. The zero-order valence-electron chi connectivity index (χ0n) is 27.0. The predicted octanol–water partition coefficient (Wildman–Crippen LogP) is 6.08. The van der Waals surface area contributed by atoms with Crippen molar-refractivity contribution in [2.24, 2.45) is 0 Å². The topological polar surface area (TPSA) is 101 Å². The number of ether oxygens (including phenoxy) is 3. The van der Waals surface area contributed by atoms with E-state index < -0.39 is 16.1 Å². The summed E-state index contributed by atoms with van der Waals surface area (Å²) in [6.45, 7) is 18.4. The molecular weight excluding hydrogens is 587 g/mol. The highest BCUT2D eigenvalue weighted by atomic mass is 28.3. The maximum atomic E-state index is 10.6. The lowest BCUT2D eigenvalue weighted by Gasteiger charge is -2.31. The van der Waals surface area contributed by atoms with Crippen LogP contribution in [-0.2, 0) is 14.2 Å². The van der Waals surface area contributed by atoms with Gasteiger partial charge in [0.25, 0.3) is 0 Å². The molecule has 1 fully saturated rings. The van der Waals surface area contributed by atoms with Gasteiger partial charge in [-0.15, -0.1) is 0 Å². The highest BCUT2D eigenvalue weighted by molar-refractivity contribution is 6.76. The first-order valence-corrected chi connectivity index (χ1v) is 22.9. The molecule has 0 radical (unpaired) electrons. The number of hydrogen-bond donors (Lipinski definition) is 0. The second-order valence-electron chi connectivity index (χ2n) is 13.8. The molecule has 4 aromatic rings. The van der Waals surface area contributed by atoms with Crippen molar-refractivity contribution in [3.8, 4) is 17.2 Å². The monoisotopic (exact) mass is 631 g/mol. The lowest BCUT2D eigenvalue weighted by Crippen LogP contribution is -2.38. The van der Waals surface area contributed by atoms with E-state index in [-0.39, 0.29) is 13.5 Å². The molecule has 0 bridgehead atoms. The number of aromatic nitrogens is 4. The molecule has 1 aromatic carbocycles. The molecule has 5 rings (SSSR count). The summed E-state index contributed by atoms with van der Waals surface area (Å²) < 4.78 is 20.0. The van der Waals surface area contributed by atoms with Gasteiger partial charge in [0.15, 0.2) is 17.3 Å². The summed E-state index contributed by atoms with van der Waals surface area (Å²) in [6.07, 6.45) is 3.68. The molecule has 44 heavy (non-hydrogen) atoms. The van der Waals surface area contributed by atoms with Crippen LogP contribution in [0.3, 0.4) is 0 Å². The third kappa shape index (κ3) is 7.83. The Bertz CT molecular complexity index is 1600. The van der Waals surface area contributed by atoms with Crippen LogP contribution >= 0.6 is 0 Å². The van der Waals surface area contributed by atoms with E-state index in [1.807, 2.05) is 35.5 Å². The normalized spacial score (nSPS) is 14.3. The number of fused-ring (bicyclic) bond motifs is 2. The van der Waals surface area contributed by atoms with Crippen LogP contribution in [0.15, 0.2) is 42.7 Å². The van der Waals surface area contributed by atoms with Crippen molar-refractivity contribution in [1.82, 2.24) is 19.6 Å². The summed E-state index contributed by atoms with van der Waals surface area (Å²) in [5.41, 5.74) is 3.81. The van der Waals surface area contributed by atoms with E-state index in [0.29, 0.717) is 62.4 Å². The van der Waals surface area contributed by atoms with Gasteiger partial charge in [-0.3, -0.25) is 4.98 Å². The minimum Gasteiger partial charge on any atom is -0.378 e. The average Bonchev–Trinajstić information content (AvgIpc) is 3.42. The summed E-state index contributed by atoms with van der Waals surface area (Å²) in [6, 6.07) is 14.8. The molecule has 0 unspecified atom stereocenters. The predicted molar refractivity (Wildman–Crippen MR) is 182 cm³/mol. The molecule has 1 aliphatic heterocycles. The molecule has 0 atom stereocenters. The highest BCUT2D eigenvalue weighted by Gasteiger charge is 2.28. The summed E-state index contributed by atoms with van der Waals surface area (Å²) >= 11 is 0. The lowest BCUT2D eigenvalue weighted by atomic mass is 10.1. The van der Waals surface area contributed by atoms with Crippen LogP contribution in [0.4, 0.5) is 11.6 Å². The Morgan fingerprint density at radius 2 is 1.61 bits per heavy atom. The van der Waals surface area contributed by atoms with Gasteiger partial charge in [0.2, 0.25) is 0 Å². The second-order valence-corrected chi connectivity index (χ2v) is 25.0. The van der Waals surface area contributed by atoms with Crippen LogP contribution < -0.4 is 9.80 Å². The standard InChI is InChI=1S/C32H45N7O3Si2/c1-43(2,3)17-15-41-23-38(24-42-16-18-44(4,5)6)32-27(20-33)30(37-11-13-40-14-12-37)36-31-28(22-35-39(31)32)26-19-25-9-7-8-10-29(25)34-21-26/h7-10,19,21-22H,11-18,23-24H2,1-6H3. The largest absolute Gasteiger partial charge is 0.378 e. The van der Waals surface area contributed by atoms with Crippen molar-refractivity contribution < 1.29 is 14.2 Å². The molecule has 0 saturated carbocycles. The van der Waals surface area contributed by atoms with E-state index in [0.717, 1.165) is 34.1 Å². The highest BCUT2D eigenvalue weighted by Crippen LogP contribution is 2.34. The molecule has 3 aromatic heterocycles. The van der Waals surface area contributed by atoms with Crippen molar-refractivity contribution >= 4 is 44.3 Å². The molecule has 1 aliphatic rings. The Morgan fingerprint density at radius 1 is 0.955 bits per heavy atom. The van der Waals surface area contributed by atoms with Gasteiger partial charge in [-0.2, -0.15) is 14.9 Å². The van der Waals surface area contributed by atoms with Crippen molar-refractivity contribution in [3.63, 3.8) is 0 Å². The van der Waals surface area contributed by atoms with Crippen LogP contribution in [0.2, 0.25) is 51.4 Å². The van der Waals surface area contributed by atoms with E-state index in [2.05, 4.69) is 62.4 Å². The number of rotatable bonds is 13. The fourth-order valence-corrected chi connectivity index (χ4v) is 6.56. The SMILES string of the molecule is C[Si](C)(C)CCOCN(COCC[Si](C)(C)C)c1c(C#N)c(N2CCOCC2)nc2c(-c3cnc4ccccc4c3)cnn12. The zero-order valence-corrected chi connectivity index (χ0v) is 29.0. The molecule has 0 amide bonds. The maximum absolute atomic E-state index is 10.6. The van der Waals surface area contributed by atoms with E-state index in [1.165, 1.54) is 0 Å². The summed E-state index contributed by atoms with van der Waals surface area (Å²) in [5, 5.41) is 16.5. The number of morpholine rings is 1. The van der Waals surface area contributed by atoms with Crippen LogP contribution in [0, 0.1) is 11.3 Å². The van der Waals surface area contributed by atoms with E-state index >= 15 is 0 Å². The Hall–Kier alpha value is -3.35. The molecule has 0 spiro atoms. The van der Waals surface area contributed by atoms with Crippen LogP contribution in [0.5, 0.6) is 0 Å². The molecule has 1 saturated heterocycles. The number of nitrogens with zero attached hydrogens (tertiary/aromatic N) is 7. The Balaban J connectivity index is 1.61. The average molecular weight is 632 g/mol. The summed E-state index contributed by atoms with van der Waals surface area (Å²) in [5.74, 6) is 1.25. The first-order chi connectivity index (χ1) is 21.0. The van der Waals surface area contributed by atoms with Gasteiger partial charge in [0, 0.05) is 65.2 Å². The van der Waals surface area contributed by atoms with Crippen molar-refractivity contribution in [3.05, 3.63) is 48.3 Å². The smallest absolute Gasteiger partial charge is 0.167 e. The van der Waals surface area contributed by atoms with Gasteiger partial charge < -0.3 is 24.0 Å². The van der Waals surface area contributed by atoms with Crippen LogP contribution in [0.1, 0.15) is 5.56 Å². The number of hydrogen-bond acceptors (Lipinski definition) is 9. The molecule has 10 nitrogen and oxygen atoms in total. The third-order valence-electron chi connectivity index (χ3n) is 7.71. The van der Waals surface area contributed by atoms with Crippen LogP contribution in [-0.4, -0.2) is 88.7 Å². The third-order valence-corrected chi connectivity index (χ3v) is 11.1. The summed E-state index contributed by atoms with van der Waals surface area (Å²) in [4.78, 5) is 13.9. The fraction of sp³-hybridized carbons (Fsp3) is 0.500. The van der Waals surface area contributed by atoms with Gasteiger partial charge in [-0.25, -0.2) is 4.98 Å². The Morgan fingerprint density at radius 3 is 2.25 bits per heavy atom. The number of benzene rings is 1. The van der Waals surface area contributed by atoms with Gasteiger partial charge in [-0.1, -0.05) is 57.5 Å². The van der Waals surface area contributed by atoms with Crippen molar-refractivity contribution in [1.29, 1.82) is 5.26 Å². The number of anilines is 2. The van der Waals surface area contributed by atoms with Crippen molar-refractivity contribution in [2.45, 2.75) is 51.4 Å². The van der Waals surface area contributed by atoms with Gasteiger partial charge in [0.1, 0.15) is 25.1 Å². The van der Waals surface area contributed by atoms with Gasteiger partial charge in [-0.05, 0) is 24.2 Å². The molecule has 0 N–H and O–H groups in total. The van der Waals surface area contributed by atoms with Gasteiger partial charge in [0.05, 0.1) is 24.9 Å². The number of nitriles is 1. The maximum Gasteiger partial charge on any atom is 0.167 e. The number of pyridine rings is 1. The Kier molecular flexibility index (Phi) is 10.0. The van der Waals surface area contributed by atoms with E-state index in [4.69, 9.17) is 29.3 Å². The molecule has 12 heteroatoms. The van der Waals surface area contributed by atoms with E-state index in [1.54, 1.807) is 4.52 Å². The minimum absolute atomic E-state index is 0.278. The second kappa shape index (κ2) is 13.7. The molecule has 234 valence electrons. The first kappa shape index (κ1) is 32.1. The summed E-state index contributed by atoms with van der Waals surface area (Å²) in [7, 11) is -2.56. The van der Waals surface area contributed by atoms with E-state index in [9.17, 15) is 5.26 Å². The van der Waals surface area contributed by atoms with Crippen LogP contribution in [0.25, 0.3) is 27.7 Å². The fourth-order valence-electron chi connectivity index (χ4n) is 5.05. The first-order valence-electron chi connectivity index (χ1n) is 15.4. The quantitative estimate of drug-likeness (QED) is 0.0987. The van der Waals surface area contributed by atoms with Gasteiger partial charge >= 0.3 is 0 Å². The Labute approximate surface area is 262 Å². The molecular formula is C32H45N7O3Si2. The van der Waals surface area contributed by atoms with Crippen molar-refractivity contribution in [2.75, 3.05) is 62.8 Å². The molecule has 4 heterocycles. The lowest BCUT2D eigenvalue weighted by molar-refractivity contribution is 0.0942.